The van der Waals surface area contributed by atoms with Crippen LogP contribution < -0.4 is 10.2 Å². The second-order valence-corrected chi connectivity index (χ2v) is 10.2. The van der Waals surface area contributed by atoms with Crippen LogP contribution in [0.3, 0.4) is 0 Å². The topological polar surface area (TPSA) is 58.6 Å². The molecule has 0 aliphatic rings. The van der Waals surface area contributed by atoms with Gasteiger partial charge < -0.3 is 15.0 Å². The summed E-state index contributed by atoms with van der Waals surface area (Å²) in [7, 11) is 1.24. The van der Waals surface area contributed by atoms with Gasteiger partial charge in [-0.05, 0) is 77.4 Å². The monoisotopic (exact) mass is 584 g/mol. The smallest absolute Gasteiger partial charge is 0.362 e. The Morgan fingerprint density at radius 2 is 1.55 bits per heavy atom. The largest absolute Gasteiger partial charge is 0.464 e. The van der Waals surface area contributed by atoms with Crippen LogP contribution in [0, 0.1) is 18.6 Å². The Balaban J connectivity index is 1.75. The molecule has 0 spiro atoms. The number of rotatable bonds is 10. The Bertz CT molecular complexity index is 1630. The summed E-state index contributed by atoms with van der Waals surface area (Å²) in [6, 6.07) is 26.2. The van der Waals surface area contributed by atoms with Crippen LogP contribution in [0.5, 0.6) is 0 Å². The standard InChI is InChI=1S/C34H30F2N2O3S/c1-23-9-7-8-12-29(23)31-19-24(13-14-30(31)33(39)37-32(15-16-42-3)34(40)41-2)21-38(28-10-5-4-6-11-28)22-25-17-26(35)20-27(36)18-25/h4-14,16-20H,21-22H2,1-3H3,(H,37,39). The van der Waals surface area contributed by atoms with E-state index in [0.717, 1.165) is 28.4 Å². The number of ether oxygens (including phenoxy) is 1. The van der Waals surface area contributed by atoms with Crippen LogP contribution in [0.15, 0.2) is 108 Å². The van der Waals surface area contributed by atoms with E-state index in [-0.39, 0.29) is 12.2 Å². The number of aryl methyl sites for hydroxylation is 1. The molecule has 0 saturated heterocycles. The number of benzene rings is 4. The van der Waals surface area contributed by atoms with Crippen LogP contribution >= 0.6 is 11.8 Å². The molecule has 0 saturated carbocycles. The molecule has 0 radical (unpaired) electrons. The first-order valence-corrected chi connectivity index (χ1v) is 14.4. The van der Waals surface area contributed by atoms with Crippen LogP contribution in [0.2, 0.25) is 0 Å². The van der Waals surface area contributed by atoms with Gasteiger partial charge in [0.1, 0.15) is 11.6 Å². The molecule has 4 aromatic carbocycles. The van der Waals surface area contributed by atoms with Crippen molar-refractivity contribution in [2.45, 2.75) is 20.0 Å². The molecule has 0 aliphatic heterocycles. The number of thioether (sulfide) groups is 1. The third-order valence-corrected chi connectivity index (χ3v) is 6.86. The van der Waals surface area contributed by atoms with Gasteiger partial charge in [0.15, 0.2) is 5.70 Å². The number of nitrogens with zero attached hydrogens (tertiary/aromatic N) is 1. The molecule has 1 N–H and O–H groups in total. The van der Waals surface area contributed by atoms with Gasteiger partial charge in [0.05, 0.1) is 7.11 Å². The third kappa shape index (κ3) is 7.75. The van der Waals surface area contributed by atoms with E-state index >= 15 is 0 Å². The number of carbonyl (C=O) groups is 2. The lowest BCUT2D eigenvalue weighted by Gasteiger charge is -2.26. The van der Waals surface area contributed by atoms with Gasteiger partial charge in [-0.1, -0.05) is 54.3 Å². The second-order valence-electron chi connectivity index (χ2n) is 9.48. The molecule has 0 heterocycles. The van der Waals surface area contributed by atoms with Crippen LogP contribution in [0.25, 0.3) is 11.1 Å². The molecule has 5 nitrogen and oxygen atoms in total. The highest BCUT2D eigenvalue weighted by molar-refractivity contribution is 8.01. The van der Waals surface area contributed by atoms with Crippen molar-refractivity contribution < 1.29 is 23.1 Å². The number of para-hydroxylation sites is 1. The summed E-state index contributed by atoms with van der Waals surface area (Å²) >= 11 is 1.33. The summed E-state index contributed by atoms with van der Waals surface area (Å²) in [5.41, 5.74) is 7.75. The van der Waals surface area contributed by atoms with E-state index in [0.29, 0.717) is 23.2 Å². The van der Waals surface area contributed by atoms with Crippen LogP contribution in [0.4, 0.5) is 14.5 Å². The zero-order valence-corrected chi connectivity index (χ0v) is 24.3. The maximum atomic E-state index is 14.0. The molecular weight excluding hydrogens is 554 g/mol. The predicted octanol–water partition coefficient (Wildman–Crippen LogP) is 7.41. The molecule has 0 fully saturated rings. The van der Waals surface area contributed by atoms with Gasteiger partial charge in [-0.25, -0.2) is 13.6 Å². The highest BCUT2D eigenvalue weighted by Gasteiger charge is 2.20. The molecule has 0 aromatic heterocycles. The Morgan fingerprint density at radius 1 is 0.881 bits per heavy atom. The second kappa shape index (κ2) is 14.3. The van der Waals surface area contributed by atoms with E-state index in [4.69, 9.17) is 4.74 Å². The van der Waals surface area contributed by atoms with E-state index in [2.05, 4.69) is 11.0 Å². The fraction of sp³-hybridized carbons (Fsp3) is 0.147. The molecule has 0 atom stereocenters. The number of hydrogen-bond acceptors (Lipinski definition) is 5. The number of esters is 1. The third-order valence-electron chi connectivity index (χ3n) is 6.50. The van der Waals surface area contributed by atoms with Gasteiger partial charge in [0.25, 0.3) is 5.91 Å². The van der Waals surface area contributed by atoms with E-state index in [1.807, 2.05) is 84.8 Å². The Labute approximate surface area is 248 Å². The van der Waals surface area contributed by atoms with Crippen molar-refractivity contribution in [1.29, 1.82) is 0 Å². The minimum absolute atomic E-state index is 0.103. The molecule has 8 heteroatoms. The van der Waals surface area contributed by atoms with Crippen molar-refractivity contribution >= 4 is 29.3 Å². The van der Waals surface area contributed by atoms with Crippen molar-refractivity contribution in [2.75, 3.05) is 18.3 Å². The zero-order chi connectivity index (χ0) is 30.1. The van der Waals surface area contributed by atoms with Crippen molar-refractivity contribution in [1.82, 2.24) is 5.32 Å². The summed E-state index contributed by atoms with van der Waals surface area (Å²) < 4.78 is 32.8. The number of anilines is 1. The van der Waals surface area contributed by atoms with Crippen LogP contribution in [-0.4, -0.2) is 25.2 Å². The van der Waals surface area contributed by atoms with Crippen LogP contribution in [0.1, 0.15) is 27.0 Å². The average Bonchev–Trinajstić information content (AvgIpc) is 2.98. The van der Waals surface area contributed by atoms with E-state index in [9.17, 15) is 18.4 Å². The van der Waals surface area contributed by atoms with Gasteiger partial charge in [-0.2, -0.15) is 0 Å². The van der Waals surface area contributed by atoms with Crippen molar-refractivity contribution in [3.8, 4) is 11.1 Å². The number of amides is 1. The number of methoxy groups -OCH3 is 1. The normalized spacial score (nSPS) is 10.4. The van der Waals surface area contributed by atoms with Crippen LogP contribution in [-0.2, 0) is 22.6 Å². The summed E-state index contributed by atoms with van der Waals surface area (Å²) in [5, 5.41) is 4.20. The van der Waals surface area contributed by atoms with Crippen molar-refractivity contribution in [3.63, 3.8) is 0 Å². The summed E-state index contributed by atoms with van der Waals surface area (Å²) in [5.74, 6) is -2.47. The first-order valence-electron chi connectivity index (χ1n) is 13.1. The summed E-state index contributed by atoms with van der Waals surface area (Å²) in [6.45, 7) is 2.61. The molecule has 1 amide bonds. The lowest BCUT2D eigenvalue weighted by molar-refractivity contribution is -0.136. The molecule has 0 bridgehead atoms. The van der Waals surface area contributed by atoms with Gasteiger partial charge >= 0.3 is 5.97 Å². The van der Waals surface area contributed by atoms with Gasteiger partial charge in [-0.3, -0.25) is 4.79 Å². The van der Waals surface area contributed by atoms with E-state index in [1.165, 1.54) is 31.0 Å². The SMILES string of the molecule is COC(=O)C(=C=CSC)NC(=O)c1ccc(CN(Cc2cc(F)cc(F)c2)c2ccccc2)cc1-c1ccccc1C. The molecule has 4 aromatic rings. The lowest BCUT2D eigenvalue weighted by Crippen LogP contribution is -2.28. The number of carbonyl (C=O) groups excluding carboxylic acids is 2. The van der Waals surface area contributed by atoms with Gasteiger partial charge in [0, 0.05) is 35.8 Å². The van der Waals surface area contributed by atoms with Gasteiger partial charge in [-0.15, -0.1) is 11.8 Å². The maximum absolute atomic E-state index is 14.0. The molecule has 0 aliphatic carbocycles. The van der Waals surface area contributed by atoms with E-state index in [1.54, 1.807) is 11.5 Å². The predicted molar refractivity (Wildman–Crippen MR) is 164 cm³/mol. The number of halogens is 2. The summed E-state index contributed by atoms with van der Waals surface area (Å²) in [4.78, 5) is 27.8. The van der Waals surface area contributed by atoms with E-state index < -0.39 is 23.5 Å². The maximum Gasteiger partial charge on any atom is 0.362 e. The minimum Gasteiger partial charge on any atom is -0.464 e. The number of hydrogen-bond donors (Lipinski definition) is 1. The molecule has 0 unspecified atom stereocenters. The zero-order valence-electron chi connectivity index (χ0n) is 23.5. The average molecular weight is 585 g/mol. The Kier molecular flexibility index (Phi) is 10.3. The van der Waals surface area contributed by atoms with Gasteiger partial charge in [0.2, 0.25) is 0 Å². The Hall–Kier alpha value is -4.65. The molecule has 214 valence electrons. The summed E-state index contributed by atoms with van der Waals surface area (Å²) in [6.07, 6.45) is 1.81. The Morgan fingerprint density at radius 3 is 2.21 bits per heavy atom. The first-order chi connectivity index (χ1) is 20.3. The van der Waals surface area contributed by atoms with Crippen molar-refractivity contribution in [2.24, 2.45) is 0 Å². The lowest BCUT2D eigenvalue weighted by atomic mass is 9.93. The number of nitrogens with one attached hydrogen (secondary N) is 1. The fourth-order valence-corrected chi connectivity index (χ4v) is 4.79. The fourth-order valence-electron chi connectivity index (χ4n) is 4.55. The molecule has 4 rings (SSSR count). The van der Waals surface area contributed by atoms with Crippen molar-refractivity contribution in [3.05, 3.63) is 142 Å². The highest BCUT2D eigenvalue weighted by Crippen LogP contribution is 2.30. The molecule has 42 heavy (non-hydrogen) atoms. The highest BCUT2D eigenvalue weighted by atomic mass is 32.2. The quantitative estimate of drug-likeness (QED) is 0.120. The molecular formula is C34H30F2N2O3S. The minimum atomic E-state index is -0.713. The first kappa shape index (κ1) is 30.3.